The SMILES string of the molecule is C#CCNC1CNC(C)C1. The number of terminal acetylenes is 1. The molecule has 0 aromatic carbocycles. The van der Waals surface area contributed by atoms with Gasteiger partial charge in [-0.3, -0.25) is 0 Å². The molecule has 1 rings (SSSR count). The van der Waals surface area contributed by atoms with Crippen molar-refractivity contribution in [2.45, 2.75) is 25.4 Å². The maximum absolute atomic E-state index is 5.11. The van der Waals surface area contributed by atoms with Crippen LogP contribution in [0.5, 0.6) is 0 Å². The van der Waals surface area contributed by atoms with E-state index < -0.39 is 0 Å². The predicted molar refractivity (Wildman–Crippen MR) is 42.7 cm³/mol. The van der Waals surface area contributed by atoms with Crippen LogP contribution in [-0.2, 0) is 0 Å². The Hall–Kier alpha value is -0.520. The first-order chi connectivity index (χ1) is 4.83. The average molecular weight is 138 g/mol. The first-order valence-corrected chi connectivity index (χ1v) is 3.73. The Morgan fingerprint density at radius 3 is 3.10 bits per heavy atom. The van der Waals surface area contributed by atoms with E-state index in [0.29, 0.717) is 18.6 Å². The third kappa shape index (κ3) is 2.02. The molecule has 2 atom stereocenters. The van der Waals surface area contributed by atoms with E-state index in [4.69, 9.17) is 6.42 Å². The maximum Gasteiger partial charge on any atom is 0.0576 e. The Labute approximate surface area is 62.4 Å². The van der Waals surface area contributed by atoms with E-state index in [2.05, 4.69) is 23.5 Å². The zero-order valence-electron chi connectivity index (χ0n) is 6.35. The van der Waals surface area contributed by atoms with Gasteiger partial charge in [0.25, 0.3) is 0 Å². The molecule has 0 amide bonds. The maximum atomic E-state index is 5.11. The van der Waals surface area contributed by atoms with Crippen LogP contribution in [0.2, 0.25) is 0 Å². The largest absolute Gasteiger partial charge is 0.313 e. The quantitative estimate of drug-likeness (QED) is 0.523. The van der Waals surface area contributed by atoms with Gasteiger partial charge >= 0.3 is 0 Å². The van der Waals surface area contributed by atoms with E-state index in [0.717, 1.165) is 6.54 Å². The molecule has 2 unspecified atom stereocenters. The van der Waals surface area contributed by atoms with Crippen LogP contribution in [0.4, 0.5) is 0 Å². The van der Waals surface area contributed by atoms with Crippen molar-refractivity contribution in [3.63, 3.8) is 0 Å². The van der Waals surface area contributed by atoms with Gasteiger partial charge in [0, 0.05) is 18.6 Å². The number of rotatable bonds is 2. The van der Waals surface area contributed by atoms with Gasteiger partial charge in [-0.05, 0) is 13.3 Å². The zero-order chi connectivity index (χ0) is 7.40. The lowest BCUT2D eigenvalue weighted by Crippen LogP contribution is -2.30. The second-order valence-electron chi connectivity index (χ2n) is 2.83. The molecule has 1 saturated heterocycles. The fraction of sp³-hybridized carbons (Fsp3) is 0.750. The molecule has 1 fully saturated rings. The van der Waals surface area contributed by atoms with Crippen LogP contribution in [0.1, 0.15) is 13.3 Å². The molecule has 1 aliphatic rings. The summed E-state index contributed by atoms with van der Waals surface area (Å²) in [6.07, 6.45) is 6.30. The molecular weight excluding hydrogens is 124 g/mol. The Kier molecular flexibility index (Phi) is 2.73. The highest BCUT2D eigenvalue weighted by atomic mass is 15.0. The number of hydrogen-bond donors (Lipinski definition) is 2. The molecule has 0 saturated carbocycles. The van der Waals surface area contributed by atoms with E-state index in [-0.39, 0.29) is 0 Å². The summed E-state index contributed by atoms with van der Waals surface area (Å²) in [6, 6.07) is 1.24. The first-order valence-electron chi connectivity index (χ1n) is 3.73. The van der Waals surface area contributed by atoms with Crippen LogP contribution in [-0.4, -0.2) is 25.2 Å². The molecule has 2 N–H and O–H groups in total. The molecular formula is C8H14N2. The molecule has 0 spiro atoms. The fourth-order valence-corrected chi connectivity index (χ4v) is 1.30. The van der Waals surface area contributed by atoms with Gasteiger partial charge in [-0.15, -0.1) is 6.42 Å². The molecule has 2 heteroatoms. The first kappa shape index (κ1) is 7.59. The van der Waals surface area contributed by atoms with Crippen molar-refractivity contribution >= 4 is 0 Å². The monoisotopic (exact) mass is 138 g/mol. The highest BCUT2D eigenvalue weighted by Gasteiger charge is 2.18. The summed E-state index contributed by atoms with van der Waals surface area (Å²) in [5.41, 5.74) is 0. The minimum absolute atomic E-state index is 0.589. The van der Waals surface area contributed by atoms with Crippen molar-refractivity contribution < 1.29 is 0 Å². The molecule has 0 aliphatic carbocycles. The molecule has 56 valence electrons. The molecule has 1 aliphatic heterocycles. The van der Waals surface area contributed by atoms with Crippen molar-refractivity contribution in [1.82, 2.24) is 10.6 Å². The Morgan fingerprint density at radius 2 is 2.60 bits per heavy atom. The second kappa shape index (κ2) is 3.60. The van der Waals surface area contributed by atoms with Crippen molar-refractivity contribution in [3.8, 4) is 12.3 Å². The van der Waals surface area contributed by atoms with Gasteiger partial charge in [0.1, 0.15) is 0 Å². The van der Waals surface area contributed by atoms with Gasteiger partial charge in [0.05, 0.1) is 6.54 Å². The molecule has 1 heterocycles. The molecule has 2 nitrogen and oxygen atoms in total. The lowest BCUT2D eigenvalue weighted by atomic mass is 10.2. The van der Waals surface area contributed by atoms with Crippen LogP contribution < -0.4 is 10.6 Å². The van der Waals surface area contributed by atoms with Crippen molar-refractivity contribution in [2.24, 2.45) is 0 Å². The van der Waals surface area contributed by atoms with E-state index >= 15 is 0 Å². The van der Waals surface area contributed by atoms with E-state index in [1.54, 1.807) is 0 Å². The van der Waals surface area contributed by atoms with E-state index in [1.165, 1.54) is 6.42 Å². The molecule has 0 aromatic heterocycles. The Balaban J connectivity index is 2.14. The highest BCUT2D eigenvalue weighted by molar-refractivity contribution is 4.91. The fourth-order valence-electron chi connectivity index (χ4n) is 1.30. The number of hydrogen-bond acceptors (Lipinski definition) is 2. The summed E-state index contributed by atoms with van der Waals surface area (Å²) in [6.45, 7) is 3.94. The minimum Gasteiger partial charge on any atom is -0.313 e. The zero-order valence-corrected chi connectivity index (χ0v) is 6.35. The summed E-state index contributed by atoms with van der Waals surface area (Å²) in [5, 5.41) is 6.61. The smallest absolute Gasteiger partial charge is 0.0576 e. The number of nitrogens with one attached hydrogen (secondary N) is 2. The van der Waals surface area contributed by atoms with Gasteiger partial charge in [-0.1, -0.05) is 5.92 Å². The van der Waals surface area contributed by atoms with Gasteiger partial charge in [-0.25, -0.2) is 0 Å². The van der Waals surface area contributed by atoms with Gasteiger partial charge in [0.15, 0.2) is 0 Å². The molecule has 10 heavy (non-hydrogen) atoms. The standard InChI is InChI=1S/C8H14N2/c1-3-4-9-8-5-7(2)10-6-8/h1,7-10H,4-6H2,2H3. The summed E-state index contributed by atoms with van der Waals surface area (Å²) in [4.78, 5) is 0. The van der Waals surface area contributed by atoms with E-state index in [9.17, 15) is 0 Å². The third-order valence-corrected chi connectivity index (χ3v) is 1.84. The van der Waals surface area contributed by atoms with Crippen molar-refractivity contribution in [2.75, 3.05) is 13.1 Å². The lowest BCUT2D eigenvalue weighted by Gasteiger charge is -2.06. The van der Waals surface area contributed by atoms with Gasteiger partial charge in [0.2, 0.25) is 0 Å². The Morgan fingerprint density at radius 1 is 1.80 bits per heavy atom. The predicted octanol–water partition coefficient (Wildman–Crippen LogP) is -0.0404. The molecule has 0 radical (unpaired) electrons. The van der Waals surface area contributed by atoms with Gasteiger partial charge < -0.3 is 10.6 Å². The normalized spacial score (nSPS) is 32.0. The lowest BCUT2D eigenvalue weighted by molar-refractivity contribution is 0.575. The van der Waals surface area contributed by atoms with Crippen LogP contribution in [0, 0.1) is 12.3 Å². The summed E-state index contributed by atoms with van der Waals surface area (Å²) < 4.78 is 0. The van der Waals surface area contributed by atoms with Crippen molar-refractivity contribution in [3.05, 3.63) is 0 Å². The van der Waals surface area contributed by atoms with Crippen LogP contribution in [0.15, 0.2) is 0 Å². The highest BCUT2D eigenvalue weighted by Crippen LogP contribution is 2.04. The molecule has 0 bridgehead atoms. The Bertz CT molecular complexity index is 137. The van der Waals surface area contributed by atoms with Crippen LogP contribution >= 0.6 is 0 Å². The average Bonchev–Trinajstić information content (AvgIpc) is 2.31. The minimum atomic E-state index is 0.589. The molecule has 0 aromatic rings. The summed E-state index contributed by atoms with van der Waals surface area (Å²) in [7, 11) is 0. The third-order valence-electron chi connectivity index (χ3n) is 1.84. The summed E-state index contributed by atoms with van der Waals surface area (Å²) >= 11 is 0. The summed E-state index contributed by atoms with van der Waals surface area (Å²) in [5.74, 6) is 2.57. The van der Waals surface area contributed by atoms with Gasteiger partial charge in [-0.2, -0.15) is 0 Å². The van der Waals surface area contributed by atoms with Crippen LogP contribution in [0.25, 0.3) is 0 Å². The van der Waals surface area contributed by atoms with Crippen molar-refractivity contribution in [1.29, 1.82) is 0 Å². The second-order valence-corrected chi connectivity index (χ2v) is 2.83. The topological polar surface area (TPSA) is 24.1 Å². The van der Waals surface area contributed by atoms with Crippen LogP contribution in [0.3, 0.4) is 0 Å². The van der Waals surface area contributed by atoms with E-state index in [1.807, 2.05) is 0 Å².